The summed E-state index contributed by atoms with van der Waals surface area (Å²) >= 11 is 2.66. The predicted octanol–water partition coefficient (Wildman–Crippen LogP) is 3.81. The number of ether oxygens (including phenoxy) is 1. The Kier molecular flexibility index (Phi) is 4.33. The van der Waals surface area contributed by atoms with Crippen LogP contribution >= 0.6 is 22.9 Å². The fraction of sp³-hybridized carbons (Fsp3) is 0.650. The highest BCUT2D eigenvalue weighted by molar-refractivity contribution is 7.16. The molecule has 0 spiro atoms. The number of nitrogens with one attached hydrogen (secondary N) is 1. The summed E-state index contributed by atoms with van der Waals surface area (Å²) in [4.78, 5) is 31.3. The number of aryl methyl sites for hydroxylation is 1. The normalized spacial score (nSPS) is 35.4. The maximum atomic E-state index is 12.6. The Balaban J connectivity index is 1.44. The van der Waals surface area contributed by atoms with E-state index < -0.39 is 0 Å². The van der Waals surface area contributed by atoms with E-state index in [0.717, 1.165) is 36.5 Å². The molecule has 2 aliphatic carbocycles. The van der Waals surface area contributed by atoms with Gasteiger partial charge in [-0.1, -0.05) is 25.3 Å². The lowest BCUT2D eigenvalue weighted by molar-refractivity contribution is -0.149. The van der Waals surface area contributed by atoms with Crippen molar-refractivity contribution in [3.8, 4) is 0 Å². The third-order valence-corrected chi connectivity index (χ3v) is 9.05. The van der Waals surface area contributed by atoms with E-state index in [1.807, 2.05) is 6.92 Å². The predicted molar refractivity (Wildman–Crippen MR) is 110 cm³/mol. The second-order valence-corrected chi connectivity index (χ2v) is 10.8. The van der Waals surface area contributed by atoms with E-state index in [4.69, 9.17) is 9.72 Å². The van der Waals surface area contributed by atoms with Gasteiger partial charge >= 0.3 is 5.97 Å². The third kappa shape index (κ3) is 2.84. The number of aromatic nitrogens is 3. The van der Waals surface area contributed by atoms with Crippen LogP contribution in [0.25, 0.3) is 0 Å². The SMILES string of the molecule is Cc1nnsc1C(=O)Nc1nc2c(s1)CC1(C)CCC3C(C)C(=O)OC3C1C2C. The van der Waals surface area contributed by atoms with Crippen molar-refractivity contribution in [2.24, 2.45) is 23.2 Å². The molecule has 1 amide bonds. The van der Waals surface area contributed by atoms with Crippen molar-refractivity contribution >= 4 is 39.9 Å². The number of amides is 1. The molecule has 5 rings (SSSR count). The van der Waals surface area contributed by atoms with Gasteiger partial charge in [-0.15, -0.1) is 16.4 Å². The van der Waals surface area contributed by atoms with Crippen molar-refractivity contribution in [3.63, 3.8) is 0 Å². The number of hydrogen-bond acceptors (Lipinski definition) is 8. The fourth-order valence-electron chi connectivity index (χ4n) is 5.73. The molecule has 1 N–H and O–H groups in total. The lowest BCUT2D eigenvalue weighted by Crippen LogP contribution is -2.50. The van der Waals surface area contributed by atoms with Crippen LogP contribution in [-0.2, 0) is 16.0 Å². The van der Waals surface area contributed by atoms with Gasteiger partial charge < -0.3 is 4.74 Å². The van der Waals surface area contributed by atoms with E-state index in [-0.39, 0.29) is 41.1 Å². The van der Waals surface area contributed by atoms with Gasteiger partial charge in [0.1, 0.15) is 11.0 Å². The molecule has 0 radical (unpaired) electrons. The number of rotatable bonds is 2. The average molecular weight is 433 g/mol. The van der Waals surface area contributed by atoms with Crippen molar-refractivity contribution in [3.05, 3.63) is 21.1 Å². The maximum Gasteiger partial charge on any atom is 0.309 e. The molecule has 2 aromatic heterocycles. The van der Waals surface area contributed by atoms with Crippen LogP contribution in [0.5, 0.6) is 0 Å². The summed E-state index contributed by atoms with van der Waals surface area (Å²) < 4.78 is 9.72. The van der Waals surface area contributed by atoms with Gasteiger partial charge in [-0.2, -0.15) is 0 Å². The zero-order valence-corrected chi connectivity index (χ0v) is 18.5. The first-order valence-corrected chi connectivity index (χ1v) is 11.7. The van der Waals surface area contributed by atoms with Gasteiger partial charge in [0, 0.05) is 22.6 Å². The minimum absolute atomic E-state index is 0.0142. The molecule has 1 aliphatic heterocycles. The third-order valence-electron chi connectivity index (χ3n) is 7.24. The standard InChI is InChI=1S/C20H24N4O3S2/c1-8-11-5-6-20(4)7-12-14(9(2)13(20)15(11)27-18(8)26)21-19(28-12)22-17(25)16-10(3)23-24-29-16/h8-9,11,13,15H,5-7H2,1-4H3,(H,21,22,25). The van der Waals surface area contributed by atoms with Gasteiger partial charge in [0.15, 0.2) is 5.13 Å². The number of thiazole rings is 1. The molecule has 154 valence electrons. The van der Waals surface area contributed by atoms with Crippen LogP contribution in [0.3, 0.4) is 0 Å². The number of nitrogens with zero attached hydrogens (tertiary/aromatic N) is 3. The maximum absolute atomic E-state index is 12.6. The van der Waals surface area contributed by atoms with Gasteiger partial charge in [0.2, 0.25) is 0 Å². The second-order valence-electron chi connectivity index (χ2n) is 9.01. The highest BCUT2D eigenvalue weighted by Gasteiger charge is 2.58. The van der Waals surface area contributed by atoms with Crippen LogP contribution in [0.2, 0.25) is 0 Å². The first-order valence-electron chi connectivity index (χ1n) is 10.1. The fourth-order valence-corrected chi connectivity index (χ4v) is 7.54. The van der Waals surface area contributed by atoms with Gasteiger partial charge in [-0.05, 0) is 43.1 Å². The number of anilines is 1. The van der Waals surface area contributed by atoms with Crippen LogP contribution in [0.15, 0.2) is 0 Å². The Bertz CT molecular complexity index is 1000. The summed E-state index contributed by atoms with van der Waals surface area (Å²) in [6.45, 7) is 8.30. The highest BCUT2D eigenvalue weighted by Crippen LogP contribution is 2.59. The van der Waals surface area contributed by atoms with Gasteiger partial charge in [-0.25, -0.2) is 4.98 Å². The average Bonchev–Trinajstić information content (AvgIpc) is 3.33. The second kappa shape index (κ2) is 6.57. The topological polar surface area (TPSA) is 94.1 Å². The Morgan fingerprint density at radius 3 is 2.83 bits per heavy atom. The van der Waals surface area contributed by atoms with E-state index in [1.54, 1.807) is 18.3 Å². The molecule has 6 atom stereocenters. The van der Waals surface area contributed by atoms with Crippen molar-refractivity contribution in [1.82, 2.24) is 14.6 Å². The van der Waals surface area contributed by atoms with E-state index in [2.05, 4.69) is 28.8 Å². The Labute approximate surface area is 177 Å². The molecule has 3 heterocycles. The summed E-state index contributed by atoms with van der Waals surface area (Å²) in [5.74, 6) is 0.481. The molecule has 3 aliphatic rings. The van der Waals surface area contributed by atoms with Gasteiger partial charge in [0.25, 0.3) is 5.91 Å². The minimum atomic E-state index is -0.210. The van der Waals surface area contributed by atoms with Crippen LogP contribution < -0.4 is 5.32 Å². The zero-order chi connectivity index (χ0) is 20.5. The van der Waals surface area contributed by atoms with Crippen molar-refractivity contribution in [2.75, 3.05) is 5.32 Å². The van der Waals surface area contributed by atoms with Crippen molar-refractivity contribution < 1.29 is 14.3 Å². The van der Waals surface area contributed by atoms with Crippen LogP contribution in [0.4, 0.5) is 5.13 Å². The summed E-state index contributed by atoms with van der Waals surface area (Å²) in [5.41, 5.74) is 1.76. The molecule has 1 saturated heterocycles. The summed E-state index contributed by atoms with van der Waals surface area (Å²) in [6, 6.07) is 0. The van der Waals surface area contributed by atoms with Crippen LogP contribution in [0, 0.1) is 30.1 Å². The molecule has 1 saturated carbocycles. The van der Waals surface area contributed by atoms with E-state index in [0.29, 0.717) is 21.6 Å². The zero-order valence-electron chi connectivity index (χ0n) is 16.9. The van der Waals surface area contributed by atoms with Gasteiger partial charge in [-0.3, -0.25) is 14.9 Å². The molecule has 29 heavy (non-hydrogen) atoms. The number of esters is 1. The summed E-state index contributed by atoms with van der Waals surface area (Å²) in [5, 5.41) is 7.46. The molecule has 6 unspecified atom stereocenters. The first kappa shape index (κ1) is 19.1. The first-order chi connectivity index (χ1) is 13.8. The molecule has 2 fully saturated rings. The Hall–Kier alpha value is -1.87. The molecule has 2 aromatic rings. The lowest BCUT2D eigenvalue weighted by Gasteiger charge is -2.51. The number of fused-ring (bicyclic) bond motifs is 4. The molecular weight excluding hydrogens is 408 g/mol. The van der Waals surface area contributed by atoms with E-state index >= 15 is 0 Å². The summed E-state index contributed by atoms with van der Waals surface area (Å²) in [6.07, 6.45) is 3.02. The molecular formula is C20H24N4O3S2. The Morgan fingerprint density at radius 1 is 1.31 bits per heavy atom. The quantitative estimate of drug-likeness (QED) is 0.725. The lowest BCUT2D eigenvalue weighted by atomic mass is 9.54. The number of carbonyl (C=O) groups excluding carboxylic acids is 2. The number of hydrogen-bond donors (Lipinski definition) is 1. The minimum Gasteiger partial charge on any atom is -0.461 e. The highest BCUT2D eigenvalue weighted by atomic mass is 32.1. The number of carbonyl (C=O) groups is 2. The van der Waals surface area contributed by atoms with E-state index in [9.17, 15) is 9.59 Å². The van der Waals surface area contributed by atoms with E-state index in [1.165, 1.54) is 4.88 Å². The van der Waals surface area contributed by atoms with Gasteiger partial charge in [0.05, 0.1) is 17.3 Å². The molecule has 7 nitrogen and oxygen atoms in total. The van der Waals surface area contributed by atoms with Crippen LogP contribution in [0.1, 0.15) is 65.5 Å². The van der Waals surface area contributed by atoms with Crippen molar-refractivity contribution in [1.29, 1.82) is 0 Å². The Morgan fingerprint density at radius 2 is 2.10 bits per heavy atom. The van der Waals surface area contributed by atoms with Crippen LogP contribution in [-0.4, -0.2) is 32.6 Å². The molecule has 0 aromatic carbocycles. The molecule has 9 heteroatoms. The smallest absolute Gasteiger partial charge is 0.309 e. The summed E-state index contributed by atoms with van der Waals surface area (Å²) in [7, 11) is 0. The molecule has 0 bridgehead atoms. The van der Waals surface area contributed by atoms with Crippen molar-refractivity contribution in [2.45, 2.75) is 59.0 Å². The monoisotopic (exact) mass is 432 g/mol. The largest absolute Gasteiger partial charge is 0.461 e.